The van der Waals surface area contributed by atoms with E-state index in [1.165, 1.54) is 11.3 Å². The normalized spacial score (nSPS) is 10.5. The lowest BCUT2D eigenvalue weighted by Crippen LogP contribution is -2.08. The molecule has 5 heteroatoms. The smallest absolute Gasteiger partial charge is 0.225 e. The maximum Gasteiger partial charge on any atom is 0.225 e. The van der Waals surface area contributed by atoms with E-state index in [-0.39, 0.29) is 5.91 Å². The molecule has 0 radical (unpaired) electrons. The molecule has 1 N–H and O–H groups in total. The Morgan fingerprint density at radius 1 is 1.60 bits per heavy atom. The Morgan fingerprint density at radius 2 is 2.40 bits per heavy atom. The Morgan fingerprint density at radius 3 is 3.13 bits per heavy atom. The van der Waals surface area contributed by atoms with Crippen LogP contribution < -0.4 is 5.32 Å². The molecule has 0 spiro atoms. The van der Waals surface area contributed by atoms with Crippen molar-refractivity contribution in [1.29, 1.82) is 0 Å². The highest BCUT2D eigenvalue weighted by Gasteiger charge is 2.06. The van der Waals surface area contributed by atoms with Crippen LogP contribution in [0.5, 0.6) is 0 Å². The Bertz CT molecular complexity index is 509. The summed E-state index contributed by atoms with van der Waals surface area (Å²) in [7, 11) is 0. The third-order valence-corrected chi connectivity index (χ3v) is 3.10. The zero-order chi connectivity index (χ0) is 10.8. The predicted molar refractivity (Wildman–Crippen MR) is 63.6 cm³/mol. The number of nitrogens with zero attached hydrogens (tertiary/aromatic N) is 1. The van der Waals surface area contributed by atoms with Gasteiger partial charge in [-0.1, -0.05) is 29.9 Å². The van der Waals surface area contributed by atoms with Crippen LogP contribution in [0, 0.1) is 0 Å². The van der Waals surface area contributed by atoms with E-state index < -0.39 is 0 Å². The maximum absolute atomic E-state index is 11.2. The number of rotatable bonds is 2. The molecule has 0 atom stereocenters. The highest BCUT2D eigenvalue weighted by Crippen LogP contribution is 2.27. The fraction of sp³-hybridized carbons (Fsp3) is 0.200. The number of hydrogen-bond donors (Lipinski definition) is 1. The van der Waals surface area contributed by atoms with Crippen molar-refractivity contribution in [3.05, 3.63) is 23.2 Å². The van der Waals surface area contributed by atoms with Crippen LogP contribution in [0.25, 0.3) is 10.2 Å². The monoisotopic (exact) mass is 240 g/mol. The van der Waals surface area contributed by atoms with E-state index in [0.717, 1.165) is 10.2 Å². The van der Waals surface area contributed by atoms with Crippen LogP contribution in [0.3, 0.4) is 0 Å². The molecule has 78 valence electrons. The van der Waals surface area contributed by atoms with Gasteiger partial charge in [0, 0.05) is 11.4 Å². The van der Waals surface area contributed by atoms with Gasteiger partial charge in [0.05, 0.1) is 10.2 Å². The highest BCUT2D eigenvalue weighted by atomic mass is 35.5. The molecule has 0 aliphatic rings. The third kappa shape index (κ3) is 2.27. The molecule has 0 aliphatic heterocycles. The number of anilines is 1. The summed E-state index contributed by atoms with van der Waals surface area (Å²) >= 11 is 7.29. The summed E-state index contributed by atoms with van der Waals surface area (Å²) in [6.07, 6.45) is 0.455. The van der Waals surface area contributed by atoms with Gasteiger partial charge in [-0.25, -0.2) is 4.98 Å². The number of benzene rings is 1. The van der Waals surface area contributed by atoms with Crippen molar-refractivity contribution in [1.82, 2.24) is 4.98 Å². The molecule has 0 fully saturated rings. The number of nitrogens with one attached hydrogen (secondary N) is 1. The topological polar surface area (TPSA) is 42.0 Å². The van der Waals surface area contributed by atoms with E-state index in [0.29, 0.717) is 16.6 Å². The molecule has 1 heterocycles. The molecule has 0 unspecified atom stereocenters. The molecular weight excluding hydrogens is 232 g/mol. The van der Waals surface area contributed by atoms with E-state index in [1.807, 2.05) is 12.1 Å². The number of hydrogen-bond acceptors (Lipinski definition) is 3. The molecule has 0 saturated carbocycles. The molecule has 2 rings (SSSR count). The number of amides is 1. The largest absolute Gasteiger partial charge is 0.302 e. The second-order valence-corrected chi connectivity index (χ2v) is 4.50. The van der Waals surface area contributed by atoms with Crippen molar-refractivity contribution in [3.63, 3.8) is 0 Å². The Kier molecular flexibility index (Phi) is 2.88. The zero-order valence-corrected chi connectivity index (χ0v) is 9.65. The van der Waals surface area contributed by atoms with Gasteiger partial charge in [0.15, 0.2) is 5.13 Å². The number of fused-ring (bicyclic) bond motifs is 1. The summed E-state index contributed by atoms with van der Waals surface area (Å²) in [6.45, 7) is 1.81. The van der Waals surface area contributed by atoms with Crippen LogP contribution in [0.2, 0.25) is 5.02 Å². The SMILES string of the molecule is CCC(=O)Nc1nc2cc(Cl)ccc2s1. The van der Waals surface area contributed by atoms with Gasteiger partial charge in [-0.3, -0.25) is 4.79 Å². The van der Waals surface area contributed by atoms with E-state index in [1.54, 1.807) is 13.0 Å². The van der Waals surface area contributed by atoms with Crippen LogP contribution in [0.1, 0.15) is 13.3 Å². The predicted octanol–water partition coefficient (Wildman–Crippen LogP) is 3.30. The van der Waals surface area contributed by atoms with Crippen LogP contribution in [-0.2, 0) is 4.79 Å². The molecule has 3 nitrogen and oxygen atoms in total. The first-order chi connectivity index (χ1) is 7.19. The number of halogens is 1. The average Bonchev–Trinajstić information content (AvgIpc) is 2.59. The van der Waals surface area contributed by atoms with Crippen LogP contribution in [0.4, 0.5) is 5.13 Å². The van der Waals surface area contributed by atoms with Gasteiger partial charge in [0.2, 0.25) is 5.91 Å². The molecule has 2 aromatic rings. The quantitative estimate of drug-likeness (QED) is 0.875. The number of carbonyl (C=O) groups is 1. The average molecular weight is 241 g/mol. The van der Waals surface area contributed by atoms with E-state index in [4.69, 9.17) is 11.6 Å². The van der Waals surface area contributed by atoms with E-state index in [9.17, 15) is 4.79 Å². The fourth-order valence-electron chi connectivity index (χ4n) is 1.16. The summed E-state index contributed by atoms with van der Waals surface area (Å²) < 4.78 is 1.02. The lowest BCUT2D eigenvalue weighted by molar-refractivity contribution is -0.115. The maximum atomic E-state index is 11.2. The Labute approximate surface area is 96.1 Å². The molecule has 15 heavy (non-hydrogen) atoms. The molecule has 0 saturated heterocycles. The van der Waals surface area contributed by atoms with Gasteiger partial charge in [-0.2, -0.15) is 0 Å². The molecule has 0 aliphatic carbocycles. The summed E-state index contributed by atoms with van der Waals surface area (Å²) in [4.78, 5) is 15.4. The molecule has 1 aromatic carbocycles. The lowest BCUT2D eigenvalue weighted by atomic mass is 10.3. The van der Waals surface area contributed by atoms with Gasteiger partial charge in [0.25, 0.3) is 0 Å². The first kappa shape index (κ1) is 10.4. The summed E-state index contributed by atoms with van der Waals surface area (Å²) in [5.74, 6) is -0.0276. The number of thiazole rings is 1. The van der Waals surface area contributed by atoms with Crippen LogP contribution in [0.15, 0.2) is 18.2 Å². The molecule has 0 bridgehead atoms. The van der Waals surface area contributed by atoms with Crippen molar-refractivity contribution < 1.29 is 4.79 Å². The second-order valence-electron chi connectivity index (χ2n) is 3.03. The van der Waals surface area contributed by atoms with Crippen molar-refractivity contribution >= 4 is 44.2 Å². The van der Waals surface area contributed by atoms with Crippen LogP contribution >= 0.6 is 22.9 Å². The van der Waals surface area contributed by atoms with Gasteiger partial charge >= 0.3 is 0 Å². The summed E-state index contributed by atoms with van der Waals surface area (Å²) in [6, 6.07) is 5.50. The minimum Gasteiger partial charge on any atom is -0.302 e. The van der Waals surface area contributed by atoms with E-state index in [2.05, 4.69) is 10.3 Å². The minimum absolute atomic E-state index is 0.0276. The number of carbonyl (C=O) groups excluding carboxylic acids is 1. The lowest BCUT2D eigenvalue weighted by Gasteiger charge is -1.95. The third-order valence-electron chi connectivity index (χ3n) is 1.92. The van der Waals surface area contributed by atoms with Gasteiger partial charge in [0.1, 0.15) is 0 Å². The molecular formula is C10H9ClN2OS. The summed E-state index contributed by atoms with van der Waals surface area (Å²) in [5, 5.41) is 4.00. The zero-order valence-electron chi connectivity index (χ0n) is 8.08. The van der Waals surface area contributed by atoms with Crippen molar-refractivity contribution in [2.75, 3.05) is 5.32 Å². The van der Waals surface area contributed by atoms with Crippen molar-refractivity contribution in [3.8, 4) is 0 Å². The standard InChI is InChI=1S/C10H9ClN2OS/c1-2-9(14)13-10-12-7-5-6(11)3-4-8(7)15-10/h3-5H,2H2,1H3,(H,12,13,14). The summed E-state index contributed by atoms with van der Waals surface area (Å²) in [5.41, 5.74) is 0.818. The minimum atomic E-state index is -0.0276. The van der Waals surface area contributed by atoms with Crippen molar-refractivity contribution in [2.24, 2.45) is 0 Å². The van der Waals surface area contributed by atoms with Gasteiger partial charge in [-0.15, -0.1) is 0 Å². The van der Waals surface area contributed by atoms with Crippen molar-refractivity contribution in [2.45, 2.75) is 13.3 Å². The Balaban J connectivity index is 2.34. The first-order valence-corrected chi connectivity index (χ1v) is 5.74. The van der Waals surface area contributed by atoms with Crippen LogP contribution in [-0.4, -0.2) is 10.9 Å². The molecule has 1 aromatic heterocycles. The van der Waals surface area contributed by atoms with Gasteiger partial charge in [-0.05, 0) is 18.2 Å². The Hall–Kier alpha value is -1.13. The van der Waals surface area contributed by atoms with E-state index >= 15 is 0 Å². The fourth-order valence-corrected chi connectivity index (χ4v) is 2.19. The second kappa shape index (κ2) is 4.16. The number of aromatic nitrogens is 1. The highest BCUT2D eigenvalue weighted by molar-refractivity contribution is 7.22. The van der Waals surface area contributed by atoms with Gasteiger partial charge < -0.3 is 5.32 Å². The molecule has 1 amide bonds. The first-order valence-electron chi connectivity index (χ1n) is 4.55.